The molecule has 1 aliphatic carbocycles. The summed E-state index contributed by atoms with van der Waals surface area (Å²) < 4.78 is 200. The molecule has 1 N–H and O–H groups in total. The van der Waals surface area contributed by atoms with Gasteiger partial charge in [-0.05, 0) is 79.1 Å². The van der Waals surface area contributed by atoms with E-state index < -0.39 is 121 Å². The molecule has 0 saturated heterocycles. The van der Waals surface area contributed by atoms with Gasteiger partial charge in [0.25, 0.3) is 5.91 Å². The fraction of sp³-hybridized carbons (Fsp3) is 0.362. The summed E-state index contributed by atoms with van der Waals surface area (Å²) in [5.41, 5.74) is -8.12. The molecule has 0 bridgehead atoms. The van der Waals surface area contributed by atoms with E-state index in [0.717, 1.165) is 36.5 Å². The molecule has 1 saturated carbocycles. The monoisotopic (exact) mass is 1040 g/mol. The van der Waals surface area contributed by atoms with Crippen molar-refractivity contribution in [2.75, 3.05) is 30.5 Å². The van der Waals surface area contributed by atoms with Gasteiger partial charge in [0.15, 0.2) is 54.0 Å². The highest BCUT2D eigenvalue weighted by Gasteiger charge is 2.86. The zero-order valence-electron chi connectivity index (χ0n) is 37.7. The molecular weight excluding hydrogens is 997 g/mol. The maximum atomic E-state index is 17.6. The van der Waals surface area contributed by atoms with Crippen LogP contribution in [0.25, 0.3) is 0 Å². The molecule has 24 heteroatoms. The number of methoxy groups -OCH3 is 1. The molecule has 1 amide bonds. The molecule has 71 heavy (non-hydrogen) atoms. The number of nitrogens with zero attached hydrogens (tertiary/aromatic N) is 3. The molecule has 4 aliphatic rings. The summed E-state index contributed by atoms with van der Waals surface area (Å²) in [6, 6.07) is 17.4. The fourth-order valence-electron chi connectivity index (χ4n) is 9.61. The van der Waals surface area contributed by atoms with Crippen LogP contribution in [-0.2, 0) is 44.0 Å². The number of sulfone groups is 2. The van der Waals surface area contributed by atoms with Gasteiger partial charge in [0.1, 0.15) is 18.8 Å². The highest BCUT2D eigenvalue weighted by molar-refractivity contribution is 7.91. The Hall–Kier alpha value is -6.24. The van der Waals surface area contributed by atoms with Crippen molar-refractivity contribution in [1.82, 2.24) is 14.4 Å². The maximum absolute atomic E-state index is 17.6. The van der Waals surface area contributed by atoms with Gasteiger partial charge in [-0.25, -0.2) is 25.7 Å². The van der Waals surface area contributed by atoms with Gasteiger partial charge >= 0.3 is 24.4 Å². The summed E-state index contributed by atoms with van der Waals surface area (Å²) in [6.07, 6.45) is -14.3. The summed E-state index contributed by atoms with van der Waals surface area (Å²) in [4.78, 5) is 20.6. The molecule has 5 aromatic rings. The Morgan fingerprint density at radius 2 is 1.32 bits per heavy atom. The fourth-order valence-corrected chi connectivity index (χ4v) is 11.3. The van der Waals surface area contributed by atoms with Crippen LogP contribution in [0.15, 0.2) is 107 Å². The van der Waals surface area contributed by atoms with Crippen LogP contribution in [0.2, 0.25) is 0 Å². The Labute approximate surface area is 401 Å². The third-order valence-electron chi connectivity index (χ3n) is 13.1. The SMILES string of the molecule is CCS(=O)(=O)c1ccc([C@H](COC)N(Cc2ccc(S(=O)(=O)CC)cn2)C(=O)c2ccc3c(c2)N[C@](C(F)(F)F)(C2(F)CC2)[N+]3(Cc2cccc3c2OC(F)(F)O3)Cc2cccc3c2OC(F)(F)O3)cc1. The number of fused-ring (bicyclic) bond motifs is 3. The number of benzene rings is 4. The van der Waals surface area contributed by atoms with Crippen molar-refractivity contribution in [2.24, 2.45) is 0 Å². The summed E-state index contributed by atoms with van der Waals surface area (Å²) in [5, 5.41) is 2.42. The summed E-state index contributed by atoms with van der Waals surface area (Å²) >= 11 is 0. The Kier molecular flexibility index (Phi) is 12.1. The normalized spacial score (nSPS) is 20.2. The molecular formula is C47H43F8N4O10S2+. The third kappa shape index (κ3) is 8.54. The lowest BCUT2D eigenvalue weighted by molar-refractivity contribution is -0.287. The molecule has 9 rings (SSSR count). The van der Waals surface area contributed by atoms with E-state index in [4.69, 9.17) is 14.2 Å². The van der Waals surface area contributed by atoms with Gasteiger partial charge in [-0.2, -0.15) is 13.2 Å². The number of carbonyl (C=O) groups is 1. The van der Waals surface area contributed by atoms with Gasteiger partial charge in [-0.15, -0.1) is 17.6 Å². The molecule has 3 aliphatic heterocycles. The Balaban J connectivity index is 1.22. The van der Waals surface area contributed by atoms with E-state index >= 15 is 22.4 Å². The topological polar surface area (TPSA) is 160 Å². The zero-order valence-corrected chi connectivity index (χ0v) is 39.4. The van der Waals surface area contributed by atoms with Crippen LogP contribution < -0.4 is 28.7 Å². The molecule has 378 valence electrons. The highest BCUT2D eigenvalue weighted by Crippen LogP contribution is 2.67. The summed E-state index contributed by atoms with van der Waals surface area (Å²) in [5.74, 6) is -3.73. The summed E-state index contributed by atoms with van der Waals surface area (Å²) in [6.45, 7) is 0.292. The second kappa shape index (κ2) is 17.2. The number of rotatable bonds is 16. The van der Waals surface area contributed by atoms with E-state index in [1.54, 1.807) is 0 Å². The van der Waals surface area contributed by atoms with Gasteiger partial charge in [0.2, 0.25) is 0 Å². The van der Waals surface area contributed by atoms with Crippen LogP contribution in [-0.4, -0.2) is 87.9 Å². The van der Waals surface area contributed by atoms with Gasteiger partial charge in [0.05, 0.1) is 57.3 Å². The minimum absolute atomic E-state index is 0.0190. The third-order valence-corrected chi connectivity index (χ3v) is 16.6. The minimum Gasteiger partial charge on any atom is -0.395 e. The summed E-state index contributed by atoms with van der Waals surface area (Å²) in [7, 11) is -6.06. The lowest BCUT2D eigenvalue weighted by Gasteiger charge is -2.50. The van der Waals surface area contributed by atoms with Crippen LogP contribution in [0.1, 0.15) is 65.5 Å². The molecule has 14 nitrogen and oxygen atoms in total. The number of carbonyl (C=O) groups excluding carboxylic acids is 1. The van der Waals surface area contributed by atoms with Crippen molar-refractivity contribution >= 4 is 37.0 Å². The minimum atomic E-state index is -5.59. The van der Waals surface area contributed by atoms with E-state index in [-0.39, 0.29) is 62.5 Å². The number of nitrogens with one attached hydrogen (secondary N) is 1. The maximum Gasteiger partial charge on any atom is 0.586 e. The number of hydrogen-bond acceptors (Lipinski definition) is 12. The molecule has 4 aromatic carbocycles. The number of hydrogen-bond donors (Lipinski definition) is 1. The second-order valence-electron chi connectivity index (χ2n) is 17.4. The van der Waals surface area contributed by atoms with E-state index in [9.17, 15) is 34.4 Å². The van der Waals surface area contributed by atoms with Crippen molar-refractivity contribution < 1.29 is 80.4 Å². The highest BCUT2D eigenvalue weighted by atomic mass is 32.2. The van der Waals surface area contributed by atoms with Crippen LogP contribution >= 0.6 is 0 Å². The van der Waals surface area contributed by atoms with Crippen LogP contribution in [0.5, 0.6) is 23.0 Å². The average Bonchev–Trinajstić information content (AvgIpc) is 3.71. The molecule has 4 heterocycles. The van der Waals surface area contributed by atoms with E-state index in [2.05, 4.69) is 19.8 Å². The predicted molar refractivity (Wildman–Crippen MR) is 237 cm³/mol. The van der Waals surface area contributed by atoms with Gasteiger partial charge in [-0.1, -0.05) is 38.1 Å². The number of anilines is 1. The molecule has 0 radical (unpaired) electrons. The van der Waals surface area contributed by atoms with E-state index in [1.807, 2.05) is 0 Å². The number of quaternary nitrogens is 1. The van der Waals surface area contributed by atoms with Gasteiger partial charge in [-0.3, -0.25) is 9.78 Å². The number of amides is 1. The number of para-hydroxylation sites is 2. The molecule has 0 unspecified atom stereocenters. The first kappa shape index (κ1) is 49.7. The first-order valence-corrected chi connectivity index (χ1v) is 25.2. The smallest absolute Gasteiger partial charge is 0.395 e. The lowest BCUT2D eigenvalue weighted by atomic mass is 9.92. The number of alkyl halides is 8. The molecule has 2 atom stereocenters. The molecule has 1 aromatic heterocycles. The number of pyridine rings is 1. The Morgan fingerprint density at radius 3 is 1.82 bits per heavy atom. The largest absolute Gasteiger partial charge is 0.586 e. The van der Waals surface area contributed by atoms with E-state index in [1.165, 1.54) is 86.5 Å². The van der Waals surface area contributed by atoms with Crippen LogP contribution in [0.3, 0.4) is 0 Å². The van der Waals surface area contributed by atoms with Crippen molar-refractivity contribution in [3.05, 3.63) is 125 Å². The number of ether oxygens (including phenoxy) is 5. The van der Waals surface area contributed by atoms with Crippen LogP contribution in [0, 0.1) is 0 Å². The first-order valence-electron chi connectivity index (χ1n) is 21.9. The average molecular weight is 1040 g/mol. The van der Waals surface area contributed by atoms with Crippen LogP contribution in [0.4, 0.5) is 46.5 Å². The standard InChI is InChI=1S/C47H43F8N4O10S2/c1-4-70(61,62)33-16-12-28(13-17-33)36(27-65-3)58(24-32-15-18-34(23-56-32)71(63,64)5-2)42(60)29-14-19-37-35(22-29)57-44(45(49,50)51,43(48)20-21-43)59(37,25-30-8-6-10-38-40(30)68-46(52,53)66-38)26-31-9-7-11-39-41(31)69-47(54,55)67-39/h6-19,22-23,36,57H,4-5,20-21,24-27H2,1-3H3/q+1/t36-,44+/m0/s1. The molecule has 0 spiro atoms. The predicted octanol–water partition coefficient (Wildman–Crippen LogP) is 9.24. The lowest BCUT2D eigenvalue weighted by Crippen LogP contribution is -2.77. The molecule has 1 fully saturated rings. The van der Waals surface area contributed by atoms with Gasteiger partial charge < -0.3 is 33.9 Å². The van der Waals surface area contributed by atoms with Crippen molar-refractivity contribution in [3.8, 4) is 23.0 Å². The van der Waals surface area contributed by atoms with Gasteiger partial charge in [0, 0.05) is 24.9 Å². The zero-order chi connectivity index (χ0) is 51.2. The second-order valence-corrected chi connectivity index (χ2v) is 22.0. The quantitative estimate of drug-likeness (QED) is 0.0739. The van der Waals surface area contributed by atoms with Crippen molar-refractivity contribution in [2.45, 2.75) is 92.3 Å². The Morgan fingerprint density at radius 1 is 0.775 bits per heavy atom. The van der Waals surface area contributed by atoms with E-state index in [0.29, 0.717) is 5.56 Å². The Bertz CT molecular complexity index is 3070. The number of halogens is 8. The first-order chi connectivity index (χ1) is 33.3. The van der Waals surface area contributed by atoms with Crippen molar-refractivity contribution in [1.29, 1.82) is 0 Å². The number of aromatic nitrogens is 1. The van der Waals surface area contributed by atoms with Crippen molar-refractivity contribution in [3.63, 3.8) is 0 Å².